The number of nitrogens with two attached hydrogens (primary N) is 1. The van der Waals surface area contributed by atoms with E-state index in [1.807, 2.05) is 43.3 Å². The molecule has 0 saturated carbocycles. The Kier molecular flexibility index (Phi) is 3.66. The van der Waals surface area contributed by atoms with E-state index in [0.717, 1.165) is 10.8 Å². The molecule has 19 heavy (non-hydrogen) atoms. The predicted molar refractivity (Wildman–Crippen MR) is 77.4 cm³/mol. The lowest BCUT2D eigenvalue weighted by atomic mass is 10.1. The van der Waals surface area contributed by atoms with E-state index in [1.54, 1.807) is 6.07 Å². The van der Waals surface area contributed by atoms with Crippen LogP contribution >= 0.6 is 0 Å². The summed E-state index contributed by atoms with van der Waals surface area (Å²) >= 11 is 0. The number of carbonyl (C=O) groups is 1. The van der Waals surface area contributed by atoms with Gasteiger partial charge >= 0.3 is 6.03 Å². The van der Waals surface area contributed by atoms with Gasteiger partial charge in [-0.05, 0) is 18.4 Å². The minimum absolute atomic E-state index is 0.303. The minimum atomic E-state index is -0.397. The Morgan fingerprint density at radius 3 is 2.63 bits per heavy atom. The van der Waals surface area contributed by atoms with Gasteiger partial charge in [-0.15, -0.1) is 0 Å². The van der Waals surface area contributed by atoms with E-state index in [-0.39, 0.29) is 5.96 Å². The number of rotatable bonds is 2. The first-order valence-electron chi connectivity index (χ1n) is 6.05. The van der Waals surface area contributed by atoms with Crippen LogP contribution in [0.2, 0.25) is 0 Å². The first-order valence-corrected chi connectivity index (χ1v) is 6.05. The quantitative estimate of drug-likeness (QED) is 0.569. The molecule has 4 N–H and O–H groups in total. The maximum Gasteiger partial charge on any atom is 0.328 e. The topological polar surface area (TPSA) is 82.2 Å². The molecule has 2 aromatic rings. The van der Waals surface area contributed by atoms with Crippen LogP contribution in [-0.4, -0.2) is 18.5 Å². The number of nitrogens with zero attached hydrogens (tertiary/aromatic N) is 1. The van der Waals surface area contributed by atoms with Crippen molar-refractivity contribution in [2.75, 3.05) is 11.4 Å². The monoisotopic (exact) mass is 256 g/mol. The van der Waals surface area contributed by atoms with Crippen molar-refractivity contribution in [2.24, 2.45) is 5.73 Å². The van der Waals surface area contributed by atoms with Gasteiger partial charge in [-0.25, -0.2) is 9.69 Å². The molecule has 0 fully saturated rings. The van der Waals surface area contributed by atoms with Crippen LogP contribution in [0.4, 0.5) is 10.5 Å². The Labute approximate surface area is 111 Å². The molecular formula is C14H16N4O. The van der Waals surface area contributed by atoms with Crippen molar-refractivity contribution in [1.29, 1.82) is 5.41 Å². The third-order valence-electron chi connectivity index (χ3n) is 2.78. The summed E-state index contributed by atoms with van der Waals surface area (Å²) in [5.41, 5.74) is 6.15. The molecule has 5 heteroatoms. The number of urea groups is 1. The highest BCUT2D eigenvalue weighted by Gasteiger charge is 2.19. The highest BCUT2D eigenvalue weighted by molar-refractivity contribution is 6.18. The molecule has 0 aliphatic rings. The van der Waals surface area contributed by atoms with E-state index in [1.165, 1.54) is 4.90 Å². The summed E-state index contributed by atoms with van der Waals surface area (Å²) in [5.74, 6) is -0.303. The fraction of sp³-hybridized carbons (Fsp3) is 0.143. The number of amides is 2. The molecule has 0 spiro atoms. The molecule has 0 atom stereocenters. The molecule has 2 aromatic carbocycles. The van der Waals surface area contributed by atoms with Crippen molar-refractivity contribution in [3.8, 4) is 0 Å². The Balaban J connectivity index is 2.56. The van der Waals surface area contributed by atoms with E-state index >= 15 is 0 Å². The summed E-state index contributed by atoms with van der Waals surface area (Å²) < 4.78 is 0. The van der Waals surface area contributed by atoms with E-state index in [9.17, 15) is 4.79 Å². The van der Waals surface area contributed by atoms with E-state index in [2.05, 4.69) is 5.32 Å². The largest absolute Gasteiger partial charge is 0.369 e. The zero-order chi connectivity index (χ0) is 13.8. The van der Waals surface area contributed by atoms with Gasteiger partial charge in [0.15, 0.2) is 0 Å². The fourth-order valence-corrected chi connectivity index (χ4v) is 1.98. The second-order valence-corrected chi connectivity index (χ2v) is 4.05. The van der Waals surface area contributed by atoms with Gasteiger partial charge in [-0.1, -0.05) is 36.4 Å². The summed E-state index contributed by atoms with van der Waals surface area (Å²) in [6.07, 6.45) is 0. The SMILES string of the molecule is CCNC(=O)N(C(=N)N)c1cccc2ccccc12. The van der Waals surface area contributed by atoms with E-state index in [0.29, 0.717) is 12.2 Å². The van der Waals surface area contributed by atoms with Crippen LogP contribution < -0.4 is 16.0 Å². The normalized spacial score (nSPS) is 10.2. The van der Waals surface area contributed by atoms with Crippen LogP contribution in [0.15, 0.2) is 42.5 Å². The van der Waals surface area contributed by atoms with Gasteiger partial charge in [0.2, 0.25) is 5.96 Å². The lowest BCUT2D eigenvalue weighted by Gasteiger charge is -2.22. The van der Waals surface area contributed by atoms with Gasteiger partial charge in [-0.2, -0.15) is 0 Å². The van der Waals surface area contributed by atoms with Crippen LogP contribution in [0.1, 0.15) is 6.92 Å². The van der Waals surface area contributed by atoms with Gasteiger partial charge in [0.05, 0.1) is 5.69 Å². The average molecular weight is 256 g/mol. The van der Waals surface area contributed by atoms with E-state index in [4.69, 9.17) is 11.1 Å². The molecule has 0 unspecified atom stereocenters. The third kappa shape index (κ3) is 2.49. The van der Waals surface area contributed by atoms with Crippen molar-refractivity contribution in [2.45, 2.75) is 6.92 Å². The van der Waals surface area contributed by atoms with Crippen molar-refractivity contribution in [1.82, 2.24) is 5.32 Å². The second kappa shape index (κ2) is 5.39. The molecule has 0 aliphatic heterocycles. The predicted octanol–water partition coefficient (Wildman–Crippen LogP) is 2.27. The Bertz CT molecular complexity index is 618. The number of anilines is 1. The first-order chi connectivity index (χ1) is 9.15. The lowest BCUT2D eigenvalue weighted by molar-refractivity contribution is 0.249. The molecule has 0 heterocycles. The Morgan fingerprint density at radius 2 is 1.95 bits per heavy atom. The summed E-state index contributed by atoms with van der Waals surface area (Å²) in [5, 5.41) is 12.1. The molecule has 2 rings (SSSR count). The van der Waals surface area contributed by atoms with Gasteiger partial charge in [0.1, 0.15) is 0 Å². The maximum atomic E-state index is 12.0. The number of benzene rings is 2. The minimum Gasteiger partial charge on any atom is -0.369 e. The number of guanidine groups is 1. The standard InChI is InChI=1S/C14H16N4O/c1-2-17-14(19)18(13(15)16)12-9-5-7-10-6-3-4-8-11(10)12/h3-9H,2H2,1H3,(H3,15,16)(H,17,19). The number of carbonyl (C=O) groups excluding carboxylic acids is 1. The number of nitrogens with one attached hydrogen (secondary N) is 2. The molecule has 5 nitrogen and oxygen atoms in total. The second-order valence-electron chi connectivity index (χ2n) is 4.05. The van der Waals surface area contributed by atoms with E-state index < -0.39 is 6.03 Å². The highest BCUT2D eigenvalue weighted by Crippen LogP contribution is 2.26. The zero-order valence-electron chi connectivity index (χ0n) is 10.7. The zero-order valence-corrected chi connectivity index (χ0v) is 10.7. The smallest absolute Gasteiger partial charge is 0.328 e. The van der Waals surface area contributed by atoms with Gasteiger partial charge < -0.3 is 11.1 Å². The third-order valence-corrected chi connectivity index (χ3v) is 2.78. The molecule has 0 aromatic heterocycles. The average Bonchev–Trinajstić information content (AvgIpc) is 2.39. The maximum absolute atomic E-state index is 12.0. The van der Waals surface area contributed by atoms with Crippen LogP contribution in [0.5, 0.6) is 0 Å². The number of hydrogen-bond donors (Lipinski definition) is 3. The molecule has 0 radical (unpaired) electrons. The Morgan fingerprint density at radius 1 is 1.26 bits per heavy atom. The molecule has 2 amide bonds. The summed E-state index contributed by atoms with van der Waals surface area (Å²) in [6, 6.07) is 12.8. The molecule has 0 bridgehead atoms. The van der Waals surface area contributed by atoms with Crippen LogP contribution in [-0.2, 0) is 0 Å². The Hall–Kier alpha value is -2.56. The number of hydrogen-bond acceptors (Lipinski definition) is 2. The van der Waals surface area contributed by atoms with Crippen molar-refractivity contribution < 1.29 is 4.79 Å². The molecule has 98 valence electrons. The van der Waals surface area contributed by atoms with Gasteiger partial charge in [0.25, 0.3) is 0 Å². The molecule has 0 saturated heterocycles. The fourth-order valence-electron chi connectivity index (χ4n) is 1.98. The summed E-state index contributed by atoms with van der Waals surface area (Å²) in [7, 11) is 0. The van der Waals surface area contributed by atoms with Gasteiger partial charge in [0, 0.05) is 11.9 Å². The lowest BCUT2D eigenvalue weighted by Crippen LogP contribution is -2.47. The summed E-state index contributed by atoms with van der Waals surface area (Å²) in [6.45, 7) is 2.30. The summed E-state index contributed by atoms with van der Waals surface area (Å²) in [4.78, 5) is 13.2. The van der Waals surface area contributed by atoms with Crippen LogP contribution in [0.25, 0.3) is 10.8 Å². The molecule has 0 aliphatic carbocycles. The number of fused-ring (bicyclic) bond motifs is 1. The highest BCUT2D eigenvalue weighted by atomic mass is 16.2. The van der Waals surface area contributed by atoms with Crippen molar-refractivity contribution in [3.05, 3.63) is 42.5 Å². The van der Waals surface area contributed by atoms with Crippen molar-refractivity contribution in [3.63, 3.8) is 0 Å². The molecular weight excluding hydrogens is 240 g/mol. The van der Waals surface area contributed by atoms with Gasteiger partial charge in [-0.3, -0.25) is 5.41 Å². The van der Waals surface area contributed by atoms with Crippen LogP contribution in [0.3, 0.4) is 0 Å². The van der Waals surface area contributed by atoms with Crippen LogP contribution in [0, 0.1) is 5.41 Å². The first kappa shape index (κ1) is 12.9. The van der Waals surface area contributed by atoms with Crippen molar-refractivity contribution >= 4 is 28.5 Å².